The van der Waals surface area contributed by atoms with E-state index >= 15 is 0 Å². The molecule has 0 aliphatic heterocycles. The summed E-state index contributed by atoms with van der Waals surface area (Å²) in [6, 6.07) is 4.03. The van der Waals surface area contributed by atoms with Crippen LogP contribution in [0.4, 0.5) is 13.2 Å². The second-order valence-corrected chi connectivity index (χ2v) is 3.34. The van der Waals surface area contributed by atoms with E-state index in [9.17, 15) is 18.0 Å². The Balaban J connectivity index is 3.45. The van der Waals surface area contributed by atoms with Crippen LogP contribution in [-0.4, -0.2) is 13.1 Å². The average Bonchev–Trinajstić information content (AvgIpc) is 2.35. The van der Waals surface area contributed by atoms with Gasteiger partial charge in [0.25, 0.3) is 0 Å². The minimum absolute atomic E-state index is 0.128. The number of alkyl halides is 3. The lowest BCUT2D eigenvalue weighted by Crippen LogP contribution is -2.10. The Labute approximate surface area is 101 Å². The van der Waals surface area contributed by atoms with Crippen LogP contribution in [0.2, 0.25) is 0 Å². The molecule has 0 atom stereocenters. The second kappa shape index (κ2) is 4.92. The molecule has 0 spiro atoms. The van der Waals surface area contributed by atoms with Crippen LogP contribution in [0.25, 0.3) is 5.57 Å². The Hall–Kier alpha value is -2.29. The molecule has 0 radical (unpaired) electrons. The number of hydrogen-bond donors (Lipinski definition) is 0. The third-order valence-corrected chi connectivity index (χ3v) is 2.21. The van der Waals surface area contributed by atoms with E-state index in [1.165, 1.54) is 0 Å². The number of halogens is 3. The van der Waals surface area contributed by atoms with Crippen LogP contribution in [0.3, 0.4) is 0 Å². The van der Waals surface area contributed by atoms with Crippen molar-refractivity contribution in [2.75, 3.05) is 7.11 Å². The molecular weight excluding hydrogens is 247 g/mol. The van der Waals surface area contributed by atoms with Crippen LogP contribution < -0.4 is 0 Å². The molecule has 94 valence electrons. The molecule has 0 aromatic heterocycles. The molecule has 0 unspecified atom stereocenters. The Morgan fingerprint density at radius 2 is 2.00 bits per heavy atom. The zero-order chi connectivity index (χ0) is 13.9. The van der Waals surface area contributed by atoms with Crippen molar-refractivity contribution >= 4 is 11.5 Å². The van der Waals surface area contributed by atoms with Gasteiger partial charge in [0, 0.05) is 5.56 Å². The molecule has 0 N–H and O–H groups in total. The van der Waals surface area contributed by atoms with E-state index in [-0.39, 0.29) is 16.7 Å². The number of esters is 1. The van der Waals surface area contributed by atoms with Crippen molar-refractivity contribution in [2.45, 2.75) is 6.18 Å². The highest BCUT2D eigenvalue weighted by Crippen LogP contribution is 2.32. The second-order valence-electron chi connectivity index (χ2n) is 3.34. The van der Waals surface area contributed by atoms with Crippen molar-refractivity contribution in [3.8, 4) is 6.07 Å². The monoisotopic (exact) mass is 255 g/mol. The zero-order valence-corrected chi connectivity index (χ0v) is 9.34. The molecule has 1 aromatic carbocycles. The van der Waals surface area contributed by atoms with Crippen LogP contribution >= 0.6 is 0 Å². The van der Waals surface area contributed by atoms with Gasteiger partial charge in [-0.2, -0.15) is 18.4 Å². The SMILES string of the molecule is C=C(C#N)c1cc(C(F)(F)F)ccc1C(=O)OC. The van der Waals surface area contributed by atoms with Crippen molar-refractivity contribution < 1.29 is 22.7 Å². The van der Waals surface area contributed by atoms with Crippen LogP contribution in [0, 0.1) is 11.3 Å². The van der Waals surface area contributed by atoms with Crippen molar-refractivity contribution in [2.24, 2.45) is 0 Å². The molecule has 3 nitrogen and oxygen atoms in total. The number of ether oxygens (including phenoxy) is 1. The van der Waals surface area contributed by atoms with Gasteiger partial charge in [0.2, 0.25) is 0 Å². The summed E-state index contributed by atoms with van der Waals surface area (Å²) in [5.74, 6) is -0.824. The highest BCUT2D eigenvalue weighted by molar-refractivity contribution is 5.97. The molecule has 0 bridgehead atoms. The van der Waals surface area contributed by atoms with Gasteiger partial charge >= 0.3 is 12.1 Å². The fourth-order valence-electron chi connectivity index (χ4n) is 1.32. The van der Waals surface area contributed by atoms with Gasteiger partial charge in [0.05, 0.1) is 29.9 Å². The number of allylic oxidation sites excluding steroid dienone is 1. The van der Waals surface area contributed by atoms with Gasteiger partial charge in [-0.3, -0.25) is 0 Å². The minimum atomic E-state index is -4.56. The lowest BCUT2D eigenvalue weighted by atomic mass is 9.98. The highest BCUT2D eigenvalue weighted by Gasteiger charge is 2.31. The van der Waals surface area contributed by atoms with Crippen LogP contribution in [0.5, 0.6) is 0 Å². The van der Waals surface area contributed by atoms with Gasteiger partial charge in [-0.15, -0.1) is 0 Å². The first kappa shape index (κ1) is 13.8. The van der Waals surface area contributed by atoms with E-state index in [1.807, 2.05) is 0 Å². The zero-order valence-electron chi connectivity index (χ0n) is 9.34. The summed E-state index contributed by atoms with van der Waals surface area (Å²) < 4.78 is 42.0. The molecule has 1 rings (SSSR count). The molecule has 0 amide bonds. The van der Waals surface area contributed by atoms with Crippen molar-refractivity contribution in [3.63, 3.8) is 0 Å². The van der Waals surface area contributed by atoms with Crippen LogP contribution in [0.1, 0.15) is 21.5 Å². The number of hydrogen-bond acceptors (Lipinski definition) is 3. The number of carbonyl (C=O) groups excluding carboxylic acids is 1. The van der Waals surface area contributed by atoms with Crippen LogP contribution in [0.15, 0.2) is 24.8 Å². The van der Waals surface area contributed by atoms with Crippen molar-refractivity contribution in [1.29, 1.82) is 5.26 Å². The first-order chi connectivity index (χ1) is 8.31. The fourth-order valence-corrected chi connectivity index (χ4v) is 1.32. The summed E-state index contributed by atoms with van der Waals surface area (Å²) in [7, 11) is 1.10. The number of benzene rings is 1. The number of rotatable bonds is 2. The largest absolute Gasteiger partial charge is 0.465 e. The molecule has 0 aliphatic carbocycles. The van der Waals surface area contributed by atoms with E-state index in [1.54, 1.807) is 6.07 Å². The Morgan fingerprint density at radius 3 is 2.44 bits per heavy atom. The predicted octanol–water partition coefficient (Wildman–Crippen LogP) is 3.03. The number of carbonyl (C=O) groups is 1. The number of methoxy groups -OCH3 is 1. The summed E-state index contributed by atoms with van der Waals surface area (Å²) in [4.78, 5) is 11.4. The lowest BCUT2D eigenvalue weighted by Gasteiger charge is -2.11. The van der Waals surface area contributed by atoms with Crippen LogP contribution in [-0.2, 0) is 10.9 Å². The Morgan fingerprint density at radius 1 is 1.39 bits per heavy atom. The molecular formula is C12H8F3NO2. The summed E-state index contributed by atoms with van der Waals surface area (Å²) in [5, 5.41) is 8.68. The first-order valence-electron chi connectivity index (χ1n) is 4.70. The molecule has 0 saturated carbocycles. The normalized spacial score (nSPS) is 10.6. The van der Waals surface area contributed by atoms with Crippen molar-refractivity contribution in [3.05, 3.63) is 41.5 Å². The van der Waals surface area contributed by atoms with Gasteiger partial charge < -0.3 is 4.74 Å². The van der Waals surface area contributed by atoms with Gasteiger partial charge in [0.15, 0.2) is 0 Å². The van der Waals surface area contributed by atoms with E-state index in [0.29, 0.717) is 6.07 Å². The van der Waals surface area contributed by atoms with Gasteiger partial charge in [0.1, 0.15) is 0 Å². The maximum absolute atomic E-state index is 12.5. The summed E-state index contributed by atoms with van der Waals surface area (Å²) in [6.07, 6.45) is -4.56. The van der Waals surface area contributed by atoms with E-state index in [4.69, 9.17) is 5.26 Å². The van der Waals surface area contributed by atoms with E-state index in [0.717, 1.165) is 19.2 Å². The van der Waals surface area contributed by atoms with Gasteiger partial charge in [-0.25, -0.2) is 4.79 Å². The molecule has 0 heterocycles. The molecule has 6 heteroatoms. The van der Waals surface area contributed by atoms with E-state index in [2.05, 4.69) is 11.3 Å². The molecule has 0 saturated heterocycles. The standard InChI is InChI=1S/C12H8F3NO2/c1-7(6-16)10-5-8(12(13,14)15)3-4-9(10)11(17)18-2/h3-5H,1H2,2H3. The number of nitrogens with zero attached hydrogens (tertiary/aromatic N) is 1. The fraction of sp³-hybridized carbons (Fsp3) is 0.167. The maximum atomic E-state index is 12.5. The predicted molar refractivity (Wildman–Crippen MR) is 57.4 cm³/mol. The van der Waals surface area contributed by atoms with Crippen molar-refractivity contribution in [1.82, 2.24) is 0 Å². The molecule has 1 aromatic rings. The quantitative estimate of drug-likeness (QED) is 0.602. The van der Waals surface area contributed by atoms with Gasteiger partial charge in [-0.05, 0) is 18.2 Å². The molecule has 0 fully saturated rings. The third kappa shape index (κ3) is 2.69. The first-order valence-corrected chi connectivity index (χ1v) is 4.70. The summed E-state index contributed by atoms with van der Waals surface area (Å²) in [6.45, 7) is 3.31. The van der Waals surface area contributed by atoms with E-state index < -0.39 is 17.7 Å². The molecule has 0 aliphatic rings. The number of nitriles is 1. The Bertz CT molecular complexity index is 541. The highest BCUT2D eigenvalue weighted by atomic mass is 19.4. The third-order valence-electron chi connectivity index (χ3n) is 2.21. The van der Waals surface area contributed by atoms with Gasteiger partial charge in [-0.1, -0.05) is 6.58 Å². The topological polar surface area (TPSA) is 50.1 Å². The lowest BCUT2D eigenvalue weighted by molar-refractivity contribution is -0.137. The molecule has 18 heavy (non-hydrogen) atoms. The summed E-state index contributed by atoms with van der Waals surface area (Å²) >= 11 is 0. The Kier molecular flexibility index (Phi) is 3.76. The minimum Gasteiger partial charge on any atom is -0.465 e. The smallest absolute Gasteiger partial charge is 0.416 e. The summed E-state index contributed by atoms with van der Waals surface area (Å²) in [5.41, 5.74) is -1.50. The average molecular weight is 255 g/mol. The maximum Gasteiger partial charge on any atom is 0.416 e.